The summed E-state index contributed by atoms with van der Waals surface area (Å²) in [4.78, 5) is 16.2. The van der Waals surface area contributed by atoms with Crippen LogP contribution in [0, 0.1) is 6.92 Å². The van der Waals surface area contributed by atoms with E-state index in [0.29, 0.717) is 13.0 Å². The van der Waals surface area contributed by atoms with Crippen LogP contribution in [0.2, 0.25) is 0 Å². The van der Waals surface area contributed by atoms with E-state index < -0.39 is 0 Å². The molecule has 0 saturated heterocycles. The highest BCUT2D eigenvalue weighted by atomic mass is 16.1. The number of nitrogens with one attached hydrogen (secondary N) is 1. The quantitative estimate of drug-likeness (QED) is 0.861. The van der Waals surface area contributed by atoms with Gasteiger partial charge in [0.15, 0.2) is 0 Å². The molecule has 1 aromatic carbocycles. The van der Waals surface area contributed by atoms with Crippen molar-refractivity contribution in [3.8, 4) is 0 Å². The Morgan fingerprint density at radius 3 is 2.65 bits per heavy atom. The number of nitrogens with zero attached hydrogens (tertiary/aromatic N) is 2. The number of aromatic nitrogens is 2. The lowest BCUT2D eigenvalue weighted by molar-refractivity contribution is -0.121. The van der Waals surface area contributed by atoms with Crippen LogP contribution in [0.3, 0.4) is 0 Å². The molecule has 3 N–H and O–H groups in total. The smallest absolute Gasteiger partial charge is 0.222 e. The summed E-state index contributed by atoms with van der Waals surface area (Å²) in [6, 6.07) is 7.82. The topological polar surface area (TPSA) is 72.9 Å². The maximum absolute atomic E-state index is 11.9. The Bertz CT molecular complexity index is 574. The van der Waals surface area contributed by atoms with Crippen molar-refractivity contribution in [3.63, 3.8) is 0 Å². The summed E-state index contributed by atoms with van der Waals surface area (Å²) < 4.78 is 1.91. The zero-order chi connectivity index (χ0) is 14.5. The number of hydrogen-bond acceptors (Lipinski definition) is 3. The SMILES string of the molecule is Cc1ccc(C(NC(=O)CCN)c2nccn2C)cc1. The highest BCUT2D eigenvalue weighted by Gasteiger charge is 2.20. The second-order valence-corrected chi connectivity index (χ2v) is 4.85. The van der Waals surface area contributed by atoms with E-state index >= 15 is 0 Å². The zero-order valence-corrected chi connectivity index (χ0v) is 11.8. The van der Waals surface area contributed by atoms with Crippen molar-refractivity contribution in [3.05, 3.63) is 53.6 Å². The Labute approximate surface area is 118 Å². The summed E-state index contributed by atoms with van der Waals surface area (Å²) in [6.45, 7) is 2.37. The van der Waals surface area contributed by atoms with Gasteiger partial charge in [0.2, 0.25) is 5.91 Å². The molecule has 0 saturated carbocycles. The summed E-state index contributed by atoms with van der Waals surface area (Å²) in [5.41, 5.74) is 7.62. The van der Waals surface area contributed by atoms with Gasteiger partial charge in [-0.05, 0) is 12.5 Å². The lowest BCUT2D eigenvalue weighted by Crippen LogP contribution is -2.32. The van der Waals surface area contributed by atoms with Crippen LogP contribution in [0.5, 0.6) is 0 Å². The molecule has 20 heavy (non-hydrogen) atoms. The number of amides is 1. The fourth-order valence-corrected chi connectivity index (χ4v) is 2.08. The molecule has 0 radical (unpaired) electrons. The van der Waals surface area contributed by atoms with Crippen molar-refractivity contribution in [2.45, 2.75) is 19.4 Å². The van der Waals surface area contributed by atoms with Crippen LogP contribution in [0.1, 0.15) is 29.4 Å². The van der Waals surface area contributed by atoms with Crippen molar-refractivity contribution < 1.29 is 4.79 Å². The standard InChI is InChI=1S/C15H20N4O/c1-11-3-5-12(6-4-11)14(18-13(20)7-8-16)15-17-9-10-19(15)2/h3-6,9-10,14H,7-8,16H2,1-2H3,(H,18,20). The Morgan fingerprint density at radius 1 is 1.40 bits per heavy atom. The van der Waals surface area contributed by atoms with E-state index in [2.05, 4.69) is 10.3 Å². The van der Waals surface area contributed by atoms with E-state index in [1.807, 2.05) is 49.0 Å². The van der Waals surface area contributed by atoms with Gasteiger partial charge < -0.3 is 15.6 Å². The molecule has 5 nitrogen and oxygen atoms in total. The molecule has 1 aromatic heterocycles. The van der Waals surface area contributed by atoms with Gasteiger partial charge in [0.05, 0.1) is 0 Å². The van der Waals surface area contributed by atoms with Crippen LogP contribution in [-0.2, 0) is 11.8 Å². The molecule has 0 aliphatic rings. The number of nitrogens with two attached hydrogens (primary N) is 1. The van der Waals surface area contributed by atoms with Gasteiger partial charge in [-0.15, -0.1) is 0 Å². The predicted octanol–water partition coefficient (Wildman–Crippen LogP) is 1.28. The molecule has 0 spiro atoms. The molecule has 1 heterocycles. The lowest BCUT2D eigenvalue weighted by atomic mass is 10.0. The van der Waals surface area contributed by atoms with Gasteiger partial charge >= 0.3 is 0 Å². The van der Waals surface area contributed by atoms with E-state index in [-0.39, 0.29) is 11.9 Å². The third kappa shape index (κ3) is 3.24. The van der Waals surface area contributed by atoms with Gasteiger partial charge in [-0.3, -0.25) is 4.79 Å². The minimum atomic E-state index is -0.255. The highest BCUT2D eigenvalue weighted by molar-refractivity contribution is 5.77. The van der Waals surface area contributed by atoms with Gasteiger partial charge in [0, 0.05) is 32.4 Å². The summed E-state index contributed by atoms with van der Waals surface area (Å²) in [5.74, 6) is 0.736. The molecule has 106 valence electrons. The minimum Gasteiger partial charge on any atom is -0.342 e. The van der Waals surface area contributed by atoms with Crippen molar-refractivity contribution >= 4 is 5.91 Å². The van der Waals surface area contributed by atoms with Crippen LogP contribution >= 0.6 is 0 Å². The van der Waals surface area contributed by atoms with Gasteiger partial charge in [-0.2, -0.15) is 0 Å². The monoisotopic (exact) mass is 272 g/mol. The first-order valence-corrected chi connectivity index (χ1v) is 6.65. The van der Waals surface area contributed by atoms with Crippen LogP contribution in [-0.4, -0.2) is 22.0 Å². The lowest BCUT2D eigenvalue weighted by Gasteiger charge is -2.19. The number of benzene rings is 1. The number of carbonyl (C=O) groups excluding carboxylic acids is 1. The molecule has 0 fully saturated rings. The van der Waals surface area contributed by atoms with Crippen molar-refractivity contribution in [1.82, 2.24) is 14.9 Å². The molecule has 0 aliphatic carbocycles. The summed E-state index contributed by atoms with van der Waals surface area (Å²) in [5, 5.41) is 2.99. The fourth-order valence-electron chi connectivity index (χ4n) is 2.08. The third-order valence-corrected chi connectivity index (χ3v) is 3.20. The fraction of sp³-hybridized carbons (Fsp3) is 0.333. The molecule has 1 amide bonds. The molecule has 1 unspecified atom stereocenters. The maximum Gasteiger partial charge on any atom is 0.222 e. The molecular weight excluding hydrogens is 252 g/mol. The van der Waals surface area contributed by atoms with Crippen molar-refractivity contribution in [1.29, 1.82) is 0 Å². The summed E-state index contributed by atoms with van der Waals surface area (Å²) in [7, 11) is 1.92. The van der Waals surface area contributed by atoms with E-state index in [1.165, 1.54) is 5.56 Å². The zero-order valence-electron chi connectivity index (χ0n) is 11.8. The first kappa shape index (κ1) is 14.3. The Kier molecular flexibility index (Phi) is 4.53. The molecule has 0 aliphatic heterocycles. The van der Waals surface area contributed by atoms with Crippen LogP contribution < -0.4 is 11.1 Å². The number of imidazole rings is 1. The van der Waals surface area contributed by atoms with Crippen LogP contribution in [0.4, 0.5) is 0 Å². The molecule has 0 bridgehead atoms. The molecule has 2 rings (SSSR count). The number of aryl methyl sites for hydroxylation is 2. The average molecular weight is 272 g/mol. The molecular formula is C15H20N4O. The predicted molar refractivity (Wildman–Crippen MR) is 78.0 cm³/mol. The number of carbonyl (C=O) groups is 1. The molecule has 1 atom stereocenters. The van der Waals surface area contributed by atoms with Gasteiger partial charge in [-0.1, -0.05) is 29.8 Å². The number of hydrogen-bond donors (Lipinski definition) is 2. The first-order valence-electron chi connectivity index (χ1n) is 6.65. The van der Waals surface area contributed by atoms with Gasteiger partial charge in [0.25, 0.3) is 0 Å². The largest absolute Gasteiger partial charge is 0.342 e. The van der Waals surface area contributed by atoms with E-state index in [0.717, 1.165) is 11.4 Å². The second-order valence-electron chi connectivity index (χ2n) is 4.85. The van der Waals surface area contributed by atoms with Crippen molar-refractivity contribution in [2.75, 3.05) is 6.54 Å². The Morgan fingerprint density at radius 2 is 2.10 bits per heavy atom. The van der Waals surface area contributed by atoms with Gasteiger partial charge in [-0.25, -0.2) is 4.98 Å². The maximum atomic E-state index is 11.9. The summed E-state index contributed by atoms with van der Waals surface area (Å²) in [6.07, 6.45) is 3.91. The Hall–Kier alpha value is -2.14. The van der Waals surface area contributed by atoms with Crippen LogP contribution in [0.15, 0.2) is 36.7 Å². The van der Waals surface area contributed by atoms with Gasteiger partial charge in [0.1, 0.15) is 11.9 Å². The average Bonchev–Trinajstić information content (AvgIpc) is 2.84. The molecule has 5 heteroatoms. The van der Waals surface area contributed by atoms with E-state index in [9.17, 15) is 4.79 Å². The number of rotatable bonds is 5. The van der Waals surface area contributed by atoms with Crippen LogP contribution in [0.25, 0.3) is 0 Å². The first-order chi connectivity index (χ1) is 9.61. The molecule has 2 aromatic rings. The highest BCUT2D eigenvalue weighted by Crippen LogP contribution is 2.20. The normalized spacial score (nSPS) is 12.2. The van der Waals surface area contributed by atoms with Crippen molar-refractivity contribution in [2.24, 2.45) is 12.8 Å². The summed E-state index contributed by atoms with van der Waals surface area (Å²) >= 11 is 0. The van der Waals surface area contributed by atoms with E-state index in [1.54, 1.807) is 6.20 Å². The van der Waals surface area contributed by atoms with E-state index in [4.69, 9.17) is 5.73 Å². The minimum absolute atomic E-state index is 0.0684. The third-order valence-electron chi connectivity index (χ3n) is 3.20. The second kappa shape index (κ2) is 6.34. The Balaban J connectivity index is 2.31.